The van der Waals surface area contributed by atoms with Crippen LogP contribution < -0.4 is 10.2 Å². The van der Waals surface area contributed by atoms with Crippen molar-refractivity contribution < 1.29 is 33.8 Å². The summed E-state index contributed by atoms with van der Waals surface area (Å²) in [7, 11) is 0. The van der Waals surface area contributed by atoms with E-state index in [2.05, 4.69) is 34.4 Å². The third-order valence-corrected chi connectivity index (χ3v) is 10.2. The van der Waals surface area contributed by atoms with Gasteiger partial charge in [0, 0.05) is 41.7 Å². The van der Waals surface area contributed by atoms with Crippen LogP contribution in [0.15, 0.2) is 79.9 Å². The van der Waals surface area contributed by atoms with Gasteiger partial charge in [-0.25, -0.2) is 0 Å². The maximum atomic E-state index is 14.6. The smallest absolute Gasteiger partial charge is 0.306 e. The van der Waals surface area contributed by atoms with Crippen LogP contribution in [-0.2, 0) is 28.7 Å². The number of halogens is 2. The number of ether oxygens (including phenoxy) is 2. The first-order valence-corrected chi connectivity index (χ1v) is 17.0. The lowest BCUT2D eigenvalue weighted by Crippen LogP contribution is -2.57. The Morgan fingerprint density at radius 3 is 2.55 bits per heavy atom. The van der Waals surface area contributed by atoms with Gasteiger partial charge in [-0.3, -0.25) is 19.2 Å². The second-order valence-electron chi connectivity index (χ2n) is 12.0. The number of anilines is 1. The van der Waals surface area contributed by atoms with Crippen molar-refractivity contribution in [2.24, 2.45) is 11.8 Å². The Labute approximate surface area is 287 Å². The minimum atomic E-state index is -1.30. The lowest BCUT2D eigenvalue weighted by atomic mass is 9.70. The average Bonchev–Trinajstić information content (AvgIpc) is 3.67. The van der Waals surface area contributed by atoms with Gasteiger partial charge >= 0.3 is 5.97 Å². The van der Waals surface area contributed by atoms with E-state index in [4.69, 9.17) is 21.1 Å². The number of rotatable bonds is 15. The van der Waals surface area contributed by atoms with Crippen molar-refractivity contribution in [3.8, 4) is 0 Å². The molecule has 2 N–H and O–H groups in total. The van der Waals surface area contributed by atoms with Crippen LogP contribution in [0.1, 0.15) is 37.3 Å². The second-order valence-corrected chi connectivity index (χ2v) is 13.6. The topological polar surface area (TPSA) is 125 Å². The number of likely N-dealkylation sites (tertiary alicyclic amines) is 1. The number of esters is 1. The summed E-state index contributed by atoms with van der Waals surface area (Å²) in [5.41, 5.74) is -0.000340. The van der Waals surface area contributed by atoms with E-state index in [1.807, 2.05) is 30.3 Å². The molecule has 5 rings (SSSR count). The highest BCUT2D eigenvalue weighted by atomic mass is 79.9. The largest absolute Gasteiger partial charge is 0.463 e. The van der Waals surface area contributed by atoms with Crippen LogP contribution >= 0.6 is 27.5 Å². The Morgan fingerprint density at radius 2 is 1.89 bits per heavy atom. The number of carbonyl (C=O) groups is 4. The lowest BCUT2D eigenvalue weighted by molar-refractivity contribution is -0.145. The molecule has 3 aliphatic heterocycles. The number of hydrogen-bond acceptors (Lipinski definition) is 7. The van der Waals surface area contributed by atoms with Gasteiger partial charge in [-0.05, 0) is 49.1 Å². The fourth-order valence-electron chi connectivity index (χ4n) is 7.05. The number of carbonyl (C=O) groups excluding carboxylic acids is 4. The Kier molecular flexibility index (Phi) is 11.2. The molecule has 3 amide bonds. The molecule has 0 aromatic heterocycles. The van der Waals surface area contributed by atoms with Gasteiger partial charge in [0.25, 0.3) is 5.91 Å². The summed E-state index contributed by atoms with van der Waals surface area (Å²) in [6.07, 6.45) is 3.75. The number of nitrogens with zero attached hydrogens (tertiary/aromatic N) is 2. The minimum Gasteiger partial charge on any atom is -0.463 e. The number of hydrogen-bond donors (Lipinski definition) is 2. The number of alkyl halides is 1. The van der Waals surface area contributed by atoms with E-state index in [-0.39, 0.29) is 55.8 Å². The van der Waals surface area contributed by atoms with Crippen molar-refractivity contribution in [3.63, 3.8) is 0 Å². The molecule has 250 valence electrons. The fraction of sp³-hybridized carbons (Fsp3) is 0.429. The van der Waals surface area contributed by atoms with Crippen molar-refractivity contribution in [2.45, 2.75) is 54.3 Å². The zero-order chi connectivity index (χ0) is 33.7. The molecule has 12 heteroatoms. The van der Waals surface area contributed by atoms with E-state index >= 15 is 0 Å². The number of allylic oxidation sites excluding steroid dienone is 1. The normalized spacial score (nSPS) is 26.4. The first kappa shape index (κ1) is 34.8. The summed E-state index contributed by atoms with van der Waals surface area (Å²) in [6, 6.07) is 14.2. The van der Waals surface area contributed by atoms with Crippen LogP contribution in [0.5, 0.6) is 0 Å². The number of aliphatic hydroxyl groups is 1. The summed E-state index contributed by atoms with van der Waals surface area (Å²) in [5, 5.41) is 13.2. The molecule has 2 bridgehead atoms. The number of aliphatic hydroxyl groups excluding tert-OH is 1. The second kappa shape index (κ2) is 15.1. The highest BCUT2D eigenvalue weighted by Gasteiger charge is 2.76. The molecule has 47 heavy (non-hydrogen) atoms. The zero-order valence-electron chi connectivity index (χ0n) is 25.9. The molecule has 3 fully saturated rings. The van der Waals surface area contributed by atoms with Crippen molar-refractivity contribution >= 4 is 56.9 Å². The van der Waals surface area contributed by atoms with Gasteiger partial charge < -0.3 is 29.7 Å². The molecule has 3 aliphatic rings. The van der Waals surface area contributed by atoms with Gasteiger partial charge in [-0.2, -0.15) is 0 Å². The van der Waals surface area contributed by atoms with Crippen molar-refractivity contribution in [3.05, 3.63) is 90.5 Å². The van der Waals surface area contributed by atoms with E-state index < -0.39 is 47.5 Å². The summed E-state index contributed by atoms with van der Waals surface area (Å²) < 4.78 is 12.2. The number of fused-ring (bicyclic) bond motifs is 1. The Balaban J connectivity index is 1.47. The number of nitrogens with one attached hydrogen (secondary N) is 1. The van der Waals surface area contributed by atoms with E-state index in [0.717, 1.165) is 5.56 Å². The Bertz CT molecular complexity index is 1490. The summed E-state index contributed by atoms with van der Waals surface area (Å²) in [4.78, 5) is 58.2. The molecule has 7 atom stereocenters. The van der Waals surface area contributed by atoms with Crippen LogP contribution in [0.25, 0.3) is 0 Å². The molecule has 3 saturated heterocycles. The highest BCUT2D eigenvalue weighted by Crippen LogP contribution is 2.60. The highest BCUT2D eigenvalue weighted by molar-refractivity contribution is 9.09. The zero-order valence-corrected chi connectivity index (χ0v) is 28.3. The first-order valence-electron chi connectivity index (χ1n) is 15.7. The maximum absolute atomic E-state index is 14.6. The maximum Gasteiger partial charge on any atom is 0.306 e. The molecular weight excluding hydrogens is 690 g/mol. The monoisotopic (exact) mass is 727 g/mol. The molecule has 0 aliphatic carbocycles. The summed E-state index contributed by atoms with van der Waals surface area (Å²) >= 11 is 9.83. The van der Waals surface area contributed by atoms with Crippen LogP contribution in [0, 0.1) is 11.8 Å². The molecule has 1 unspecified atom stereocenters. The third kappa shape index (κ3) is 6.90. The molecule has 1 spiro atoms. The van der Waals surface area contributed by atoms with E-state index in [1.165, 1.54) is 9.80 Å². The molecule has 0 radical (unpaired) electrons. The van der Waals surface area contributed by atoms with Gasteiger partial charge in [-0.1, -0.05) is 70.0 Å². The van der Waals surface area contributed by atoms with Gasteiger partial charge in [-0.15, -0.1) is 13.2 Å². The number of benzene rings is 2. The predicted molar refractivity (Wildman–Crippen MR) is 181 cm³/mol. The predicted octanol–water partition coefficient (Wildman–Crippen LogP) is 4.36. The minimum absolute atomic E-state index is 0.104. The fourth-order valence-corrected chi connectivity index (χ4v) is 8.12. The SMILES string of the molecule is C=CCCC(=O)OC[C@@H](NC(=O)[C@@H]1[C@H]2O[C@@]3(CC2Br)[C@H](C(=O)N(CC=C)c2ccc(Cl)cc2)N(CCCO)C(=O)[C@@H]13)c1ccccc1. The standard InChI is InChI=1S/C35H39BrClN3O7/c1-3-5-12-27(42)46-21-26(22-10-7-6-8-11-22)38-32(43)28-29-33(44)40(18-9-19-41)31(35(29)20-25(36)30(28)47-35)34(45)39(17-4-2)24-15-13-23(37)14-16-24/h3-4,6-8,10-11,13-16,25-26,28-31,41H,1-2,5,9,12,17-21H2,(H,38,43)/t25?,26-,28+,29-,30+,31+,35-/m1/s1. The van der Waals surface area contributed by atoms with Crippen LogP contribution in [0.4, 0.5) is 5.69 Å². The van der Waals surface area contributed by atoms with Gasteiger partial charge in [0.1, 0.15) is 18.2 Å². The van der Waals surface area contributed by atoms with Crippen molar-refractivity contribution in [1.29, 1.82) is 0 Å². The van der Waals surface area contributed by atoms with E-state index in [1.54, 1.807) is 36.4 Å². The molecule has 3 heterocycles. The third-order valence-electron chi connectivity index (χ3n) is 9.08. The van der Waals surface area contributed by atoms with Gasteiger partial charge in [0.05, 0.1) is 24.0 Å². The van der Waals surface area contributed by atoms with Crippen molar-refractivity contribution in [2.75, 3.05) is 31.2 Å². The molecule has 2 aromatic carbocycles. The molecule has 0 saturated carbocycles. The average molecular weight is 729 g/mol. The molecular formula is C35H39BrClN3O7. The van der Waals surface area contributed by atoms with E-state index in [9.17, 15) is 24.3 Å². The van der Waals surface area contributed by atoms with Crippen LogP contribution in [-0.4, -0.2) is 82.6 Å². The Hall–Kier alpha value is -3.51. The molecule has 10 nitrogen and oxygen atoms in total. The van der Waals surface area contributed by atoms with E-state index in [0.29, 0.717) is 23.6 Å². The summed E-state index contributed by atoms with van der Waals surface area (Å²) in [5.74, 6) is -3.49. The first-order chi connectivity index (χ1) is 22.7. The lowest BCUT2D eigenvalue weighted by Gasteiger charge is -2.37. The van der Waals surface area contributed by atoms with Gasteiger partial charge in [0.2, 0.25) is 11.8 Å². The quantitative estimate of drug-likeness (QED) is 0.159. The molecule has 2 aromatic rings. The van der Waals surface area contributed by atoms with Crippen LogP contribution in [0.2, 0.25) is 5.02 Å². The van der Waals surface area contributed by atoms with Gasteiger partial charge in [0.15, 0.2) is 0 Å². The van der Waals surface area contributed by atoms with Crippen LogP contribution in [0.3, 0.4) is 0 Å². The number of amides is 3. The van der Waals surface area contributed by atoms with Crippen molar-refractivity contribution in [1.82, 2.24) is 10.2 Å². The summed E-state index contributed by atoms with van der Waals surface area (Å²) in [6.45, 7) is 7.44. The Morgan fingerprint density at radius 1 is 1.17 bits per heavy atom.